The maximum atomic E-state index is 14.2. The van der Waals surface area contributed by atoms with Crippen molar-refractivity contribution in [3.8, 4) is 5.75 Å². The summed E-state index contributed by atoms with van der Waals surface area (Å²) in [6, 6.07) is 19.4. The second-order valence-corrected chi connectivity index (χ2v) is 16.6. The van der Waals surface area contributed by atoms with Gasteiger partial charge in [0.25, 0.3) is 0 Å². The molecule has 17 heteroatoms. The van der Waals surface area contributed by atoms with Gasteiger partial charge in [-0.3, -0.25) is 24.0 Å². The van der Waals surface area contributed by atoms with Crippen LogP contribution >= 0.6 is 0 Å². The van der Waals surface area contributed by atoms with Crippen molar-refractivity contribution >= 4 is 52.2 Å². The van der Waals surface area contributed by atoms with Gasteiger partial charge in [0, 0.05) is 24.6 Å². The van der Waals surface area contributed by atoms with E-state index in [4.69, 9.17) is 18.9 Å². The van der Waals surface area contributed by atoms with Crippen LogP contribution < -0.4 is 26.0 Å². The van der Waals surface area contributed by atoms with Gasteiger partial charge in [0.1, 0.15) is 41.7 Å². The van der Waals surface area contributed by atoms with Crippen molar-refractivity contribution in [2.45, 2.75) is 109 Å². The highest BCUT2D eigenvalue weighted by Crippen LogP contribution is 2.34. The lowest BCUT2D eigenvalue weighted by Crippen LogP contribution is -2.57. The van der Waals surface area contributed by atoms with E-state index < -0.39 is 96.1 Å². The number of rotatable bonds is 17. The monoisotopic (exact) mass is 878 g/mol. The average molecular weight is 879 g/mol. The molecule has 0 aliphatic carbocycles. The van der Waals surface area contributed by atoms with Crippen molar-refractivity contribution in [1.29, 1.82) is 0 Å². The molecule has 4 aromatic rings. The molecule has 0 saturated carbocycles. The fourth-order valence-electron chi connectivity index (χ4n) is 6.13. The molecule has 0 radical (unpaired) electrons. The fraction of sp³-hybridized carbons (Fsp3) is 0.391. The van der Waals surface area contributed by atoms with Crippen molar-refractivity contribution < 1.29 is 60.9 Å². The maximum absolute atomic E-state index is 14.2. The summed E-state index contributed by atoms with van der Waals surface area (Å²) >= 11 is 0. The minimum atomic E-state index is -4.81. The number of alkyl halides is 3. The summed E-state index contributed by atoms with van der Waals surface area (Å²) in [5.41, 5.74) is -2.12. The zero-order chi connectivity index (χ0) is 46.5. The number of hydrogen-bond acceptors (Lipinski definition) is 10. The summed E-state index contributed by atoms with van der Waals surface area (Å²) in [7, 11) is 1.14. The summed E-state index contributed by atoms with van der Waals surface area (Å²) < 4.78 is 62.4. The molecule has 4 amide bonds. The molecule has 338 valence electrons. The molecular weight excluding hydrogens is 826 g/mol. The standard InChI is InChI=1S/C46H53F3N4O10/c1-44(2,3)62-38(54)20-19-35(40(56)50-33-23-32(46(47,48)49)24-34(25-33)60-7)51-42(58)37(26-39(55)63-45(4,5)6)52-41(57)36(53-43(59)61-27-28-13-9-8-10-14-28)22-29-17-18-30-15-11-12-16-31(30)21-29/h8-18,21,23-25,35-37H,19-20,22,26-27H2,1-7H3,(H,50,56)(H,51,58)(H,52,57)(H,53,59)/t35-,36-,37-/m0/s1. The normalized spacial score (nSPS) is 13.1. The molecular formula is C46H53F3N4O10. The second-order valence-electron chi connectivity index (χ2n) is 16.6. The Kier molecular flexibility index (Phi) is 16.7. The molecule has 0 fully saturated rings. The largest absolute Gasteiger partial charge is 0.497 e. The van der Waals surface area contributed by atoms with E-state index in [1.54, 1.807) is 77.9 Å². The van der Waals surface area contributed by atoms with Crippen LogP contribution in [0, 0.1) is 0 Å². The lowest BCUT2D eigenvalue weighted by molar-refractivity contribution is -0.157. The molecule has 0 aromatic heterocycles. The van der Waals surface area contributed by atoms with Crippen LogP contribution in [0.2, 0.25) is 0 Å². The molecule has 0 saturated heterocycles. The average Bonchev–Trinajstić information content (AvgIpc) is 3.19. The van der Waals surface area contributed by atoms with Gasteiger partial charge in [0.15, 0.2) is 0 Å². The maximum Gasteiger partial charge on any atom is 0.416 e. The Morgan fingerprint density at radius 1 is 0.619 bits per heavy atom. The van der Waals surface area contributed by atoms with Crippen molar-refractivity contribution in [2.24, 2.45) is 0 Å². The molecule has 4 rings (SSSR count). The zero-order valence-corrected chi connectivity index (χ0v) is 36.1. The predicted molar refractivity (Wildman–Crippen MR) is 227 cm³/mol. The van der Waals surface area contributed by atoms with Gasteiger partial charge in [-0.2, -0.15) is 13.2 Å². The van der Waals surface area contributed by atoms with Crippen LogP contribution in [0.15, 0.2) is 91.0 Å². The molecule has 3 atom stereocenters. The van der Waals surface area contributed by atoms with E-state index in [1.165, 1.54) is 0 Å². The lowest BCUT2D eigenvalue weighted by Gasteiger charge is -2.26. The number of esters is 2. The van der Waals surface area contributed by atoms with Gasteiger partial charge in [0.2, 0.25) is 17.7 Å². The minimum absolute atomic E-state index is 0.0980. The number of carbonyl (C=O) groups is 6. The van der Waals surface area contributed by atoms with Gasteiger partial charge in [-0.05, 0) is 82.0 Å². The van der Waals surface area contributed by atoms with E-state index in [-0.39, 0.29) is 24.5 Å². The van der Waals surface area contributed by atoms with Crippen LogP contribution in [0.5, 0.6) is 5.75 Å². The number of hydrogen-bond donors (Lipinski definition) is 4. The van der Waals surface area contributed by atoms with Gasteiger partial charge in [-0.1, -0.05) is 72.8 Å². The molecule has 0 heterocycles. The van der Waals surface area contributed by atoms with Crippen molar-refractivity contribution in [1.82, 2.24) is 16.0 Å². The molecule has 4 N–H and O–H groups in total. The number of anilines is 1. The molecule has 0 spiro atoms. The highest BCUT2D eigenvalue weighted by Gasteiger charge is 2.35. The van der Waals surface area contributed by atoms with Crippen LogP contribution in [-0.2, 0) is 57.4 Å². The topological polar surface area (TPSA) is 187 Å². The van der Waals surface area contributed by atoms with Gasteiger partial charge < -0.3 is 40.2 Å². The zero-order valence-electron chi connectivity index (χ0n) is 36.1. The third kappa shape index (κ3) is 16.6. The fourth-order valence-corrected chi connectivity index (χ4v) is 6.13. The Morgan fingerprint density at radius 3 is 1.86 bits per heavy atom. The Morgan fingerprint density at radius 2 is 1.22 bits per heavy atom. The van der Waals surface area contributed by atoms with Gasteiger partial charge in [0.05, 0.1) is 19.1 Å². The quantitative estimate of drug-likeness (QED) is 0.0626. The van der Waals surface area contributed by atoms with E-state index in [2.05, 4.69) is 21.3 Å². The van der Waals surface area contributed by atoms with E-state index in [0.29, 0.717) is 17.2 Å². The number of ether oxygens (including phenoxy) is 4. The number of halogens is 3. The first-order valence-corrected chi connectivity index (χ1v) is 20.0. The van der Waals surface area contributed by atoms with Crippen LogP contribution in [0.4, 0.5) is 23.7 Å². The van der Waals surface area contributed by atoms with Crippen molar-refractivity contribution in [3.05, 3.63) is 108 Å². The van der Waals surface area contributed by atoms with E-state index in [1.807, 2.05) is 36.4 Å². The molecule has 0 unspecified atom stereocenters. The minimum Gasteiger partial charge on any atom is -0.497 e. The first kappa shape index (κ1) is 49.0. The van der Waals surface area contributed by atoms with Gasteiger partial charge in [-0.25, -0.2) is 4.79 Å². The summed E-state index contributed by atoms with van der Waals surface area (Å²) in [6.07, 6.45) is -7.49. The number of amides is 4. The van der Waals surface area contributed by atoms with Gasteiger partial charge in [-0.15, -0.1) is 0 Å². The van der Waals surface area contributed by atoms with Crippen molar-refractivity contribution in [3.63, 3.8) is 0 Å². The Bertz CT molecular complexity index is 2250. The van der Waals surface area contributed by atoms with Crippen LogP contribution in [0.1, 0.15) is 77.5 Å². The Hall–Kier alpha value is -6.65. The third-order valence-electron chi connectivity index (χ3n) is 8.93. The van der Waals surface area contributed by atoms with Crippen LogP contribution in [-0.4, -0.2) is 72.2 Å². The van der Waals surface area contributed by atoms with Crippen LogP contribution in [0.3, 0.4) is 0 Å². The first-order chi connectivity index (χ1) is 29.5. The summed E-state index contributed by atoms with van der Waals surface area (Å²) in [5.74, 6) is -4.98. The molecule has 63 heavy (non-hydrogen) atoms. The first-order valence-electron chi connectivity index (χ1n) is 20.0. The highest BCUT2D eigenvalue weighted by atomic mass is 19.4. The highest BCUT2D eigenvalue weighted by molar-refractivity contribution is 6.00. The Balaban J connectivity index is 1.66. The van der Waals surface area contributed by atoms with Gasteiger partial charge >= 0.3 is 24.2 Å². The number of fused-ring (bicyclic) bond motifs is 1. The number of alkyl carbamates (subject to hydrolysis) is 1. The Labute approximate surface area is 363 Å². The molecule has 14 nitrogen and oxygen atoms in total. The van der Waals surface area contributed by atoms with E-state index in [0.717, 1.165) is 30.0 Å². The number of benzene rings is 4. The second kappa shape index (κ2) is 21.4. The van der Waals surface area contributed by atoms with Crippen LogP contribution in [0.25, 0.3) is 10.8 Å². The summed E-state index contributed by atoms with van der Waals surface area (Å²) in [4.78, 5) is 81.4. The van der Waals surface area contributed by atoms with E-state index >= 15 is 0 Å². The van der Waals surface area contributed by atoms with Crippen molar-refractivity contribution in [2.75, 3.05) is 12.4 Å². The predicted octanol–water partition coefficient (Wildman–Crippen LogP) is 7.17. The summed E-state index contributed by atoms with van der Waals surface area (Å²) in [5, 5.41) is 11.6. The van der Waals surface area contributed by atoms with E-state index in [9.17, 15) is 41.9 Å². The molecule has 0 aliphatic heterocycles. The number of methoxy groups -OCH3 is 1. The number of carbonyl (C=O) groups excluding carboxylic acids is 6. The summed E-state index contributed by atoms with van der Waals surface area (Å²) in [6.45, 7) is 9.49. The lowest BCUT2D eigenvalue weighted by atomic mass is 10.0. The molecule has 0 aliphatic rings. The molecule has 4 aromatic carbocycles. The number of nitrogens with one attached hydrogen (secondary N) is 4. The SMILES string of the molecule is COc1cc(NC(=O)[C@H](CCC(=O)OC(C)(C)C)NC(=O)[C@H](CC(=O)OC(C)(C)C)NC(=O)[C@H](Cc2ccc3ccccc3c2)NC(=O)OCc2ccccc2)cc(C(F)(F)F)c1. The molecule has 0 bridgehead atoms. The third-order valence-corrected chi connectivity index (χ3v) is 8.93. The smallest absolute Gasteiger partial charge is 0.416 e.